The Bertz CT molecular complexity index is 1240. The summed E-state index contributed by atoms with van der Waals surface area (Å²) in [5.74, 6) is 0.0783. The van der Waals surface area contributed by atoms with Crippen LogP contribution in [0.15, 0.2) is 102 Å². The van der Waals surface area contributed by atoms with Crippen LogP contribution in [0.2, 0.25) is 0 Å². The van der Waals surface area contributed by atoms with E-state index in [1.54, 1.807) is 6.26 Å². The summed E-state index contributed by atoms with van der Waals surface area (Å²) < 4.78 is 5.77. The van der Waals surface area contributed by atoms with E-state index in [0.29, 0.717) is 0 Å². The molecule has 2 heterocycles. The summed E-state index contributed by atoms with van der Waals surface area (Å²) in [6.07, 6.45) is 7.08. The fourth-order valence-corrected chi connectivity index (χ4v) is 4.87. The Kier molecular flexibility index (Phi) is 6.50. The zero-order valence-electron chi connectivity index (χ0n) is 18.8. The number of benzene rings is 3. The lowest BCUT2D eigenvalue weighted by Gasteiger charge is -2.23. The van der Waals surface area contributed by atoms with Crippen LogP contribution >= 0.6 is 0 Å². The van der Waals surface area contributed by atoms with Crippen molar-refractivity contribution in [2.45, 2.75) is 25.2 Å². The average molecular weight is 436 g/mol. The molecule has 1 aliphatic heterocycles. The number of nitrogens with zero attached hydrogens (tertiary/aromatic N) is 1. The van der Waals surface area contributed by atoms with E-state index in [4.69, 9.17) is 4.42 Å². The van der Waals surface area contributed by atoms with Crippen molar-refractivity contribution in [2.24, 2.45) is 0 Å². The Morgan fingerprint density at radius 3 is 2.52 bits per heavy atom. The van der Waals surface area contributed by atoms with Gasteiger partial charge in [-0.25, -0.2) is 0 Å². The molecule has 0 amide bonds. The lowest BCUT2D eigenvalue weighted by Crippen LogP contribution is -2.28. The summed E-state index contributed by atoms with van der Waals surface area (Å²) >= 11 is 0. The summed E-state index contributed by atoms with van der Waals surface area (Å²) in [6.45, 7) is 2.83. The highest BCUT2D eigenvalue weighted by Crippen LogP contribution is 2.31. The molecule has 0 aliphatic carbocycles. The van der Waals surface area contributed by atoms with E-state index >= 15 is 0 Å². The maximum atomic E-state index is 13.4. The van der Waals surface area contributed by atoms with Gasteiger partial charge in [-0.1, -0.05) is 84.9 Å². The number of rotatable bonds is 7. The summed E-state index contributed by atoms with van der Waals surface area (Å²) in [5.41, 5.74) is 5.44. The van der Waals surface area contributed by atoms with Crippen LogP contribution in [0.3, 0.4) is 0 Å². The van der Waals surface area contributed by atoms with Crippen molar-refractivity contribution in [1.82, 2.24) is 4.90 Å². The Hall–Kier alpha value is -3.43. The molecule has 1 aromatic heterocycles. The molecule has 0 bridgehead atoms. The molecule has 1 unspecified atom stereocenters. The number of fused-ring (bicyclic) bond motifs is 1. The Labute approximate surface area is 195 Å². The fourth-order valence-electron chi connectivity index (χ4n) is 4.87. The van der Waals surface area contributed by atoms with Gasteiger partial charge in [0.2, 0.25) is 0 Å². The minimum absolute atomic E-state index is 0.128. The molecule has 166 valence electrons. The van der Waals surface area contributed by atoms with Crippen LogP contribution in [0.5, 0.6) is 0 Å². The van der Waals surface area contributed by atoms with Gasteiger partial charge in [0.1, 0.15) is 5.58 Å². The fraction of sp³-hybridized carbons (Fsp3) is 0.233. The van der Waals surface area contributed by atoms with Crippen molar-refractivity contribution in [2.75, 3.05) is 19.6 Å². The number of carbonyl (C=O) groups is 1. The average Bonchev–Trinajstić information content (AvgIpc) is 3.24. The molecule has 33 heavy (non-hydrogen) atoms. The number of para-hydroxylation sites is 1. The first-order valence-corrected chi connectivity index (χ1v) is 11.8. The lowest BCUT2D eigenvalue weighted by molar-refractivity contribution is 0.0948. The largest absolute Gasteiger partial charge is 0.464 e. The van der Waals surface area contributed by atoms with Gasteiger partial charge in [0.25, 0.3) is 0 Å². The number of Topliss-reactive ketones (excluding diaryl/α,β-unsaturated/α-hetero) is 1. The van der Waals surface area contributed by atoms with Gasteiger partial charge < -0.3 is 4.42 Å². The van der Waals surface area contributed by atoms with Crippen LogP contribution in [-0.4, -0.2) is 30.3 Å². The number of allylic oxidation sites excluding steroid dienone is 1. The maximum absolute atomic E-state index is 13.4. The minimum atomic E-state index is -0.128. The van der Waals surface area contributed by atoms with E-state index < -0.39 is 0 Å². The molecule has 0 spiro atoms. The second-order valence-corrected chi connectivity index (χ2v) is 8.76. The van der Waals surface area contributed by atoms with Crippen molar-refractivity contribution >= 4 is 22.3 Å². The molecular formula is C30H29NO2. The highest BCUT2D eigenvalue weighted by atomic mass is 16.3. The molecule has 1 aliphatic rings. The number of furan rings is 1. The van der Waals surface area contributed by atoms with Gasteiger partial charge in [-0.3, -0.25) is 9.69 Å². The van der Waals surface area contributed by atoms with Crippen LogP contribution in [0.4, 0.5) is 0 Å². The van der Waals surface area contributed by atoms with E-state index in [2.05, 4.69) is 41.3 Å². The van der Waals surface area contributed by atoms with E-state index in [9.17, 15) is 4.79 Å². The van der Waals surface area contributed by atoms with Crippen LogP contribution in [0.25, 0.3) is 16.5 Å². The van der Waals surface area contributed by atoms with E-state index in [-0.39, 0.29) is 11.7 Å². The molecule has 1 atom stereocenters. The van der Waals surface area contributed by atoms with Gasteiger partial charge in [0.05, 0.1) is 6.26 Å². The number of hydrogen-bond donors (Lipinski definition) is 0. The molecule has 0 saturated heterocycles. The summed E-state index contributed by atoms with van der Waals surface area (Å²) in [6, 6.07) is 28.3. The Balaban J connectivity index is 1.31. The van der Waals surface area contributed by atoms with Gasteiger partial charge >= 0.3 is 0 Å². The predicted molar refractivity (Wildman–Crippen MR) is 134 cm³/mol. The van der Waals surface area contributed by atoms with Gasteiger partial charge in [0, 0.05) is 29.0 Å². The number of carbonyl (C=O) groups excluding carboxylic acids is 1. The zero-order chi connectivity index (χ0) is 22.5. The van der Waals surface area contributed by atoms with E-state index in [1.165, 1.54) is 11.1 Å². The number of hydrogen-bond acceptors (Lipinski definition) is 3. The SMILES string of the molecule is O=C(c1ccccc1)C(CCN1CC=C(c2cccc3ccoc23)CCC1)c1ccccc1. The monoisotopic (exact) mass is 435 g/mol. The molecule has 5 rings (SSSR count). The second kappa shape index (κ2) is 10.0. The summed E-state index contributed by atoms with van der Waals surface area (Å²) in [4.78, 5) is 15.9. The minimum Gasteiger partial charge on any atom is -0.464 e. The normalized spacial score (nSPS) is 15.7. The first kappa shape index (κ1) is 21.4. The maximum Gasteiger partial charge on any atom is 0.170 e. The van der Waals surface area contributed by atoms with Crippen molar-refractivity contribution in [3.05, 3.63) is 114 Å². The molecule has 3 heteroatoms. The van der Waals surface area contributed by atoms with Gasteiger partial charge in [-0.2, -0.15) is 0 Å². The molecule has 4 aromatic rings. The number of ketones is 1. The molecule has 0 saturated carbocycles. The van der Waals surface area contributed by atoms with Crippen LogP contribution < -0.4 is 0 Å². The quantitative estimate of drug-likeness (QED) is 0.294. The van der Waals surface area contributed by atoms with Crippen molar-refractivity contribution in [3.8, 4) is 0 Å². The molecular weight excluding hydrogens is 406 g/mol. The van der Waals surface area contributed by atoms with Gasteiger partial charge in [-0.05, 0) is 49.6 Å². The lowest BCUT2D eigenvalue weighted by atomic mass is 9.88. The molecule has 0 fully saturated rings. The highest BCUT2D eigenvalue weighted by Gasteiger charge is 2.23. The first-order chi connectivity index (χ1) is 16.3. The van der Waals surface area contributed by atoms with Crippen molar-refractivity contribution in [1.29, 1.82) is 0 Å². The Morgan fingerprint density at radius 2 is 1.70 bits per heavy atom. The van der Waals surface area contributed by atoms with E-state index in [0.717, 1.165) is 61.0 Å². The van der Waals surface area contributed by atoms with Crippen molar-refractivity contribution < 1.29 is 9.21 Å². The van der Waals surface area contributed by atoms with Crippen molar-refractivity contribution in [3.63, 3.8) is 0 Å². The topological polar surface area (TPSA) is 33.5 Å². The summed E-state index contributed by atoms with van der Waals surface area (Å²) in [7, 11) is 0. The Morgan fingerprint density at radius 1 is 0.909 bits per heavy atom. The van der Waals surface area contributed by atoms with Crippen LogP contribution in [-0.2, 0) is 0 Å². The van der Waals surface area contributed by atoms with Crippen LogP contribution in [0, 0.1) is 0 Å². The van der Waals surface area contributed by atoms with E-state index in [1.807, 2.05) is 54.6 Å². The third kappa shape index (κ3) is 4.84. The zero-order valence-corrected chi connectivity index (χ0v) is 18.8. The van der Waals surface area contributed by atoms with Crippen LogP contribution in [0.1, 0.15) is 46.7 Å². The molecule has 0 radical (unpaired) electrons. The molecule has 3 nitrogen and oxygen atoms in total. The van der Waals surface area contributed by atoms with Gasteiger partial charge in [0.15, 0.2) is 5.78 Å². The smallest absolute Gasteiger partial charge is 0.170 e. The first-order valence-electron chi connectivity index (χ1n) is 11.8. The standard InChI is InChI=1S/C30H29NO2/c32-29(25-11-5-2-6-12-25)27(23-9-3-1-4-10-23)17-21-31-19-8-14-24(16-20-31)28-15-7-13-26-18-22-33-30(26)28/h1-7,9-13,15-16,18,22,27H,8,14,17,19-21H2. The highest BCUT2D eigenvalue weighted by molar-refractivity contribution is 6.01. The second-order valence-electron chi connectivity index (χ2n) is 8.76. The molecule has 0 N–H and O–H groups in total. The van der Waals surface area contributed by atoms with Gasteiger partial charge in [-0.15, -0.1) is 0 Å². The summed E-state index contributed by atoms with van der Waals surface area (Å²) in [5, 5.41) is 1.15. The third-order valence-corrected chi connectivity index (χ3v) is 6.65. The third-order valence-electron chi connectivity index (χ3n) is 6.65. The predicted octanol–water partition coefficient (Wildman–Crippen LogP) is 6.97. The molecule has 3 aromatic carbocycles.